The van der Waals surface area contributed by atoms with Crippen molar-refractivity contribution in [1.29, 1.82) is 0 Å². The molecule has 1 aliphatic rings. The number of ether oxygens (including phenoxy) is 1. The first-order valence-electron chi connectivity index (χ1n) is 6.01. The number of hydrogen-bond acceptors (Lipinski definition) is 4. The van der Waals surface area contributed by atoms with Gasteiger partial charge in [-0.1, -0.05) is 0 Å². The summed E-state index contributed by atoms with van der Waals surface area (Å²) in [6.07, 6.45) is 2.86. The van der Waals surface area contributed by atoms with Crippen LogP contribution in [0.25, 0.3) is 0 Å². The third-order valence-electron chi connectivity index (χ3n) is 2.63. The van der Waals surface area contributed by atoms with Gasteiger partial charge in [0.15, 0.2) is 0 Å². The van der Waals surface area contributed by atoms with Crippen LogP contribution in [0.4, 0.5) is 0 Å². The maximum Gasteiger partial charge on any atom is 0.223 e. The Morgan fingerprint density at radius 3 is 2.69 bits per heavy atom. The van der Waals surface area contributed by atoms with Crippen LogP contribution in [0.1, 0.15) is 19.3 Å². The molecule has 94 valence electrons. The lowest BCUT2D eigenvalue weighted by atomic mass is 10.3. The summed E-state index contributed by atoms with van der Waals surface area (Å²) in [6.45, 7) is 4.32. The van der Waals surface area contributed by atoms with Gasteiger partial charge in [-0.25, -0.2) is 0 Å². The highest BCUT2D eigenvalue weighted by atomic mass is 16.5. The van der Waals surface area contributed by atoms with Crippen LogP contribution >= 0.6 is 0 Å². The van der Waals surface area contributed by atoms with Gasteiger partial charge in [-0.2, -0.15) is 0 Å². The van der Waals surface area contributed by atoms with Crippen LogP contribution in [0.5, 0.6) is 0 Å². The molecule has 1 amide bonds. The van der Waals surface area contributed by atoms with Crippen LogP contribution in [0, 0.1) is 0 Å². The Morgan fingerprint density at radius 1 is 1.25 bits per heavy atom. The number of likely N-dealkylation sites (tertiary alicyclic amines) is 1. The summed E-state index contributed by atoms with van der Waals surface area (Å²) < 4.78 is 5.08. The molecule has 0 aromatic heterocycles. The number of amides is 1. The quantitative estimate of drug-likeness (QED) is 0.557. The monoisotopic (exact) mass is 230 g/mol. The number of carbonyl (C=O) groups is 1. The zero-order chi connectivity index (χ0) is 11.6. The highest BCUT2D eigenvalue weighted by molar-refractivity contribution is 5.76. The molecule has 1 fully saturated rings. The zero-order valence-electron chi connectivity index (χ0n) is 9.78. The van der Waals surface area contributed by atoms with E-state index < -0.39 is 0 Å². The molecule has 1 aliphatic heterocycles. The summed E-state index contributed by atoms with van der Waals surface area (Å²) in [6, 6.07) is 0. The third-order valence-corrected chi connectivity index (χ3v) is 2.63. The van der Waals surface area contributed by atoms with Gasteiger partial charge in [0.2, 0.25) is 5.91 Å². The van der Waals surface area contributed by atoms with Crippen molar-refractivity contribution < 1.29 is 14.6 Å². The predicted molar refractivity (Wildman–Crippen MR) is 61.2 cm³/mol. The van der Waals surface area contributed by atoms with Gasteiger partial charge in [-0.05, 0) is 12.8 Å². The second kappa shape index (κ2) is 8.50. The normalized spacial score (nSPS) is 15.7. The number of nitrogens with zero attached hydrogens (tertiary/aromatic N) is 1. The van der Waals surface area contributed by atoms with Crippen LogP contribution in [0.15, 0.2) is 0 Å². The maximum absolute atomic E-state index is 11.6. The molecule has 0 spiro atoms. The van der Waals surface area contributed by atoms with Gasteiger partial charge in [-0.15, -0.1) is 0 Å². The van der Waals surface area contributed by atoms with Crippen molar-refractivity contribution in [3.05, 3.63) is 0 Å². The van der Waals surface area contributed by atoms with E-state index in [2.05, 4.69) is 5.32 Å². The zero-order valence-corrected chi connectivity index (χ0v) is 9.78. The molecular weight excluding hydrogens is 208 g/mol. The predicted octanol–water partition coefficient (Wildman–Crippen LogP) is -0.403. The number of rotatable bonds is 8. The second-order valence-corrected chi connectivity index (χ2v) is 3.92. The molecule has 0 bridgehead atoms. The Labute approximate surface area is 96.8 Å². The summed E-state index contributed by atoms with van der Waals surface area (Å²) in [4.78, 5) is 13.5. The van der Waals surface area contributed by atoms with Crippen molar-refractivity contribution in [1.82, 2.24) is 10.2 Å². The number of hydrogen-bond donors (Lipinski definition) is 2. The van der Waals surface area contributed by atoms with E-state index >= 15 is 0 Å². The van der Waals surface area contributed by atoms with Gasteiger partial charge in [-0.3, -0.25) is 4.79 Å². The lowest BCUT2D eigenvalue weighted by Gasteiger charge is -2.15. The molecular formula is C11H22N2O3. The largest absolute Gasteiger partial charge is 0.394 e. The van der Waals surface area contributed by atoms with Crippen LogP contribution in [-0.2, 0) is 9.53 Å². The Hall–Kier alpha value is -0.650. The molecule has 5 nitrogen and oxygen atoms in total. The fourth-order valence-corrected chi connectivity index (χ4v) is 1.76. The van der Waals surface area contributed by atoms with Crippen molar-refractivity contribution >= 4 is 5.91 Å². The van der Waals surface area contributed by atoms with Gasteiger partial charge in [0.25, 0.3) is 0 Å². The van der Waals surface area contributed by atoms with Crippen LogP contribution in [0.3, 0.4) is 0 Å². The molecule has 0 aromatic carbocycles. The van der Waals surface area contributed by atoms with E-state index in [0.29, 0.717) is 26.2 Å². The highest BCUT2D eigenvalue weighted by Crippen LogP contribution is 2.08. The fraction of sp³-hybridized carbons (Fsp3) is 0.909. The van der Waals surface area contributed by atoms with Gasteiger partial charge < -0.3 is 20.1 Å². The molecule has 0 saturated carbocycles. The molecule has 1 heterocycles. The third kappa shape index (κ3) is 5.44. The van der Waals surface area contributed by atoms with Gasteiger partial charge in [0, 0.05) is 32.6 Å². The van der Waals surface area contributed by atoms with Crippen molar-refractivity contribution in [3.8, 4) is 0 Å². The van der Waals surface area contributed by atoms with Gasteiger partial charge in [0.1, 0.15) is 0 Å². The van der Waals surface area contributed by atoms with E-state index in [1.165, 1.54) is 0 Å². The van der Waals surface area contributed by atoms with Crippen LogP contribution in [-0.4, -0.2) is 61.9 Å². The first-order chi connectivity index (χ1) is 7.84. The van der Waals surface area contributed by atoms with Crippen molar-refractivity contribution in [2.24, 2.45) is 0 Å². The summed E-state index contributed by atoms with van der Waals surface area (Å²) >= 11 is 0. The average Bonchev–Trinajstić information content (AvgIpc) is 2.81. The minimum absolute atomic E-state index is 0.0629. The summed E-state index contributed by atoms with van der Waals surface area (Å²) in [5.41, 5.74) is 0. The molecule has 16 heavy (non-hydrogen) atoms. The van der Waals surface area contributed by atoms with Crippen molar-refractivity contribution in [3.63, 3.8) is 0 Å². The molecule has 1 saturated heterocycles. The minimum Gasteiger partial charge on any atom is -0.394 e. The lowest BCUT2D eigenvalue weighted by Crippen LogP contribution is -2.31. The smallest absolute Gasteiger partial charge is 0.223 e. The first-order valence-corrected chi connectivity index (χ1v) is 6.01. The van der Waals surface area contributed by atoms with E-state index in [1.54, 1.807) is 0 Å². The second-order valence-electron chi connectivity index (χ2n) is 3.92. The van der Waals surface area contributed by atoms with Crippen molar-refractivity contribution in [2.75, 3.05) is 46.0 Å². The topological polar surface area (TPSA) is 61.8 Å². The number of carbonyl (C=O) groups excluding carboxylic acids is 1. The summed E-state index contributed by atoms with van der Waals surface area (Å²) in [5.74, 6) is 0.251. The molecule has 0 radical (unpaired) electrons. The van der Waals surface area contributed by atoms with E-state index in [1.807, 2.05) is 4.90 Å². The Bertz CT molecular complexity index is 194. The Balaban J connectivity index is 1.88. The molecule has 0 atom stereocenters. The molecule has 0 aromatic rings. The van der Waals surface area contributed by atoms with E-state index in [4.69, 9.17) is 9.84 Å². The molecule has 5 heteroatoms. The lowest BCUT2D eigenvalue weighted by molar-refractivity contribution is -0.130. The first kappa shape index (κ1) is 13.4. The van der Waals surface area contributed by atoms with Crippen molar-refractivity contribution in [2.45, 2.75) is 19.3 Å². The maximum atomic E-state index is 11.6. The van der Waals surface area contributed by atoms with Gasteiger partial charge >= 0.3 is 0 Å². The standard InChI is InChI=1S/C11H22N2O3/c14-8-10-16-9-5-12-4-3-11(15)13-6-1-2-7-13/h12,14H,1-10H2. The molecule has 0 aliphatic carbocycles. The molecule has 0 unspecified atom stereocenters. The van der Waals surface area contributed by atoms with Crippen LogP contribution in [0.2, 0.25) is 0 Å². The summed E-state index contributed by atoms with van der Waals surface area (Å²) in [5, 5.41) is 11.6. The molecule has 1 rings (SSSR count). The number of nitrogens with one attached hydrogen (secondary N) is 1. The molecule has 2 N–H and O–H groups in total. The fourth-order valence-electron chi connectivity index (χ4n) is 1.76. The van der Waals surface area contributed by atoms with E-state index in [0.717, 1.165) is 32.5 Å². The van der Waals surface area contributed by atoms with E-state index in [9.17, 15) is 4.79 Å². The summed E-state index contributed by atoms with van der Waals surface area (Å²) in [7, 11) is 0. The SMILES string of the molecule is O=C(CCNCCOCCO)N1CCCC1. The highest BCUT2D eigenvalue weighted by Gasteiger charge is 2.16. The minimum atomic E-state index is 0.0629. The number of aliphatic hydroxyl groups is 1. The van der Waals surface area contributed by atoms with Gasteiger partial charge in [0.05, 0.1) is 19.8 Å². The Kier molecular flexibility index (Phi) is 7.12. The average molecular weight is 230 g/mol. The van der Waals surface area contributed by atoms with E-state index in [-0.39, 0.29) is 12.5 Å². The van der Waals surface area contributed by atoms with Crippen LogP contribution < -0.4 is 5.32 Å². The number of aliphatic hydroxyl groups excluding tert-OH is 1. The Morgan fingerprint density at radius 2 is 2.00 bits per heavy atom.